The van der Waals surface area contributed by atoms with Crippen molar-refractivity contribution in [1.29, 1.82) is 0 Å². The van der Waals surface area contributed by atoms with Gasteiger partial charge in [-0.05, 0) is 13.3 Å². The van der Waals surface area contributed by atoms with Gasteiger partial charge in [-0.15, -0.1) is 5.10 Å². The van der Waals surface area contributed by atoms with Gasteiger partial charge in [-0.3, -0.25) is 4.57 Å². The SMILES string of the molecule is CCCn1c(SCC(O)COCC)n[nH]c1=O. The lowest BCUT2D eigenvalue weighted by Crippen LogP contribution is -2.20. The number of aliphatic hydroxyl groups excluding tert-OH is 1. The van der Waals surface area contributed by atoms with Crippen LogP contribution in [0.2, 0.25) is 0 Å². The van der Waals surface area contributed by atoms with Crippen molar-refractivity contribution in [3.8, 4) is 0 Å². The first-order chi connectivity index (χ1) is 8.19. The van der Waals surface area contributed by atoms with Crippen molar-refractivity contribution >= 4 is 11.8 Å². The third-order valence-corrected chi connectivity index (χ3v) is 3.21. The molecule has 0 fully saturated rings. The van der Waals surface area contributed by atoms with Gasteiger partial charge < -0.3 is 9.84 Å². The van der Waals surface area contributed by atoms with E-state index in [0.717, 1.165) is 6.42 Å². The highest BCUT2D eigenvalue weighted by molar-refractivity contribution is 7.99. The molecule has 0 aliphatic heterocycles. The fraction of sp³-hybridized carbons (Fsp3) is 0.800. The van der Waals surface area contributed by atoms with E-state index in [-0.39, 0.29) is 5.69 Å². The summed E-state index contributed by atoms with van der Waals surface area (Å²) in [6.07, 6.45) is 0.330. The highest BCUT2D eigenvalue weighted by Gasteiger charge is 2.11. The number of nitrogens with one attached hydrogen (secondary N) is 1. The van der Waals surface area contributed by atoms with Gasteiger partial charge in [-0.2, -0.15) is 0 Å². The molecule has 98 valence electrons. The number of aliphatic hydroxyl groups is 1. The lowest BCUT2D eigenvalue weighted by atomic mass is 10.4. The smallest absolute Gasteiger partial charge is 0.343 e. The van der Waals surface area contributed by atoms with Gasteiger partial charge >= 0.3 is 5.69 Å². The Labute approximate surface area is 104 Å². The molecule has 0 saturated carbocycles. The Balaban J connectivity index is 2.48. The molecule has 0 amide bonds. The second-order valence-corrected chi connectivity index (χ2v) is 4.57. The summed E-state index contributed by atoms with van der Waals surface area (Å²) in [5, 5.41) is 16.6. The normalized spacial score (nSPS) is 12.9. The van der Waals surface area contributed by atoms with Crippen LogP contribution in [0.25, 0.3) is 0 Å². The molecule has 1 atom stereocenters. The van der Waals surface area contributed by atoms with Gasteiger partial charge in [0.05, 0.1) is 12.7 Å². The van der Waals surface area contributed by atoms with Crippen molar-refractivity contribution in [1.82, 2.24) is 14.8 Å². The highest BCUT2D eigenvalue weighted by Crippen LogP contribution is 2.14. The van der Waals surface area contributed by atoms with E-state index in [1.165, 1.54) is 11.8 Å². The van der Waals surface area contributed by atoms with E-state index in [4.69, 9.17) is 4.74 Å². The van der Waals surface area contributed by atoms with E-state index in [2.05, 4.69) is 10.2 Å². The van der Waals surface area contributed by atoms with Crippen molar-refractivity contribution in [3.63, 3.8) is 0 Å². The Hall–Kier alpha value is -0.790. The van der Waals surface area contributed by atoms with E-state index >= 15 is 0 Å². The first kappa shape index (κ1) is 14.3. The van der Waals surface area contributed by atoms with Crippen molar-refractivity contribution in [3.05, 3.63) is 10.5 Å². The molecule has 0 aliphatic rings. The standard InChI is InChI=1S/C10H19N3O3S/c1-3-5-13-9(15)11-12-10(13)17-7-8(14)6-16-4-2/h8,14H,3-7H2,1-2H3,(H,11,15). The zero-order chi connectivity index (χ0) is 12.7. The monoisotopic (exact) mass is 261 g/mol. The second kappa shape index (κ2) is 7.52. The Morgan fingerprint density at radius 2 is 2.35 bits per heavy atom. The summed E-state index contributed by atoms with van der Waals surface area (Å²) in [5.41, 5.74) is -0.200. The van der Waals surface area contributed by atoms with Gasteiger partial charge in [0.15, 0.2) is 5.16 Å². The Kier molecular flexibility index (Phi) is 6.31. The molecule has 1 aromatic rings. The molecule has 0 radical (unpaired) electrons. The lowest BCUT2D eigenvalue weighted by molar-refractivity contribution is 0.0551. The summed E-state index contributed by atoms with van der Waals surface area (Å²) in [5.74, 6) is 0.466. The summed E-state index contributed by atoms with van der Waals surface area (Å²) in [7, 11) is 0. The molecule has 0 saturated heterocycles. The third kappa shape index (κ3) is 4.53. The third-order valence-electron chi connectivity index (χ3n) is 2.09. The van der Waals surface area contributed by atoms with E-state index in [0.29, 0.717) is 30.7 Å². The maximum atomic E-state index is 11.4. The zero-order valence-electron chi connectivity index (χ0n) is 10.2. The van der Waals surface area contributed by atoms with Crippen LogP contribution in [0, 0.1) is 0 Å². The molecular weight excluding hydrogens is 242 g/mol. The fourth-order valence-electron chi connectivity index (χ4n) is 1.31. The Morgan fingerprint density at radius 1 is 1.59 bits per heavy atom. The molecule has 1 aromatic heterocycles. The summed E-state index contributed by atoms with van der Waals surface area (Å²) in [6.45, 7) is 5.42. The van der Waals surface area contributed by atoms with Crippen LogP contribution in [-0.4, -0.2) is 44.9 Å². The van der Waals surface area contributed by atoms with Gasteiger partial charge in [0, 0.05) is 18.9 Å². The van der Waals surface area contributed by atoms with E-state index in [1.807, 2.05) is 13.8 Å². The minimum Gasteiger partial charge on any atom is -0.390 e. The van der Waals surface area contributed by atoms with E-state index in [1.54, 1.807) is 4.57 Å². The summed E-state index contributed by atoms with van der Waals surface area (Å²) in [6, 6.07) is 0. The lowest BCUT2D eigenvalue weighted by Gasteiger charge is -2.09. The number of thioether (sulfide) groups is 1. The van der Waals surface area contributed by atoms with Crippen LogP contribution in [0.3, 0.4) is 0 Å². The molecular formula is C10H19N3O3S. The van der Waals surface area contributed by atoms with Crippen LogP contribution in [0.1, 0.15) is 20.3 Å². The van der Waals surface area contributed by atoms with Crippen LogP contribution in [0.5, 0.6) is 0 Å². The topological polar surface area (TPSA) is 80.1 Å². The summed E-state index contributed by atoms with van der Waals surface area (Å²) >= 11 is 1.36. The van der Waals surface area contributed by atoms with E-state index < -0.39 is 6.10 Å². The van der Waals surface area contributed by atoms with Gasteiger partial charge in [0.25, 0.3) is 0 Å². The summed E-state index contributed by atoms with van der Waals surface area (Å²) < 4.78 is 6.69. The molecule has 1 unspecified atom stereocenters. The number of nitrogens with zero attached hydrogens (tertiary/aromatic N) is 2. The number of aromatic nitrogens is 3. The fourth-order valence-corrected chi connectivity index (χ4v) is 2.18. The van der Waals surface area contributed by atoms with Crippen molar-refractivity contribution in [2.24, 2.45) is 0 Å². The average Bonchev–Trinajstić information content (AvgIpc) is 2.66. The van der Waals surface area contributed by atoms with Crippen LogP contribution in [0.15, 0.2) is 9.95 Å². The number of hydrogen-bond donors (Lipinski definition) is 2. The molecule has 1 heterocycles. The van der Waals surface area contributed by atoms with Crippen molar-refractivity contribution < 1.29 is 9.84 Å². The molecule has 2 N–H and O–H groups in total. The van der Waals surface area contributed by atoms with Crippen LogP contribution in [-0.2, 0) is 11.3 Å². The molecule has 0 spiro atoms. The molecule has 1 rings (SSSR count). The molecule has 0 bridgehead atoms. The number of rotatable bonds is 8. The van der Waals surface area contributed by atoms with Crippen LogP contribution in [0.4, 0.5) is 0 Å². The number of hydrogen-bond acceptors (Lipinski definition) is 5. The summed E-state index contributed by atoms with van der Waals surface area (Å²) in [4.78, 5) is 11.4. The predicted octanol–water partition coefficient (Wildman–Crippen LogP) is 0.471. The predicted molar refractivity (Wildman–Crippen MR) is 66.4 cm³/mol. The van der Waals surface area contributed by atoms with Gasteiger partial charge in [0.2, 0.25) is 0 Å². The number of aromatic amines is 1. The highest BCUT2D eigenvalue weighted by atomic mass is 32.2. The first-order valence-electron chi connectivity index (χ1n) is 5.72. The molecule has 7 heteroatoms. The van der Waals surface area contributed by atoms with Crippen LogP contribution < -0.4 is 5.69 Å². The Morgan fingerprint density at radius 3 is 3.00 bits per heavy atom. The van der Waals surface area contributed by atoms with Crippen LogP contribution >= 0.6 is 11.8 Å². The quantitative estimate of drug-likeness (QED) is 0.665. The van der Waals surface area contributed by atoms with Gasteiger partial charge in [-0.25, -0.2) is 9.89 Å². The van der Waals surface area contributed by atoms with Crippen molar-refractivity contribution in [2.75, 3.05) is 19.0 Å². The maximum Gasteiger partial charge on any atom is 0.343 e. The molecule has 0 aromatic carbocycles. The average molecular weight is 261 g/mol. The zero-order valence-corrected chi connectivity index (χ0v) is 11.0. The minimum atomic E-state index is -0.540. The molecule has 6 nitrogen and oxygen atoms in total. The Bertz CT molecular complexity index is 377. The van der Waals surface area contributed by atoms with Gasteiger partial charge in [0.1, 0.15) is 0 Å². The van der Waals surface area contributed by atoms with E-state index in [9.17, 15) is 9.90 Å². The largest absolute Gasteiger partial charge is 0.390 e. The molecule has 0 aliphatic carbocycles. The number of ether oxygens (including phenoxy) is 1. The number of H-pyrrole nitrogens is 1. The van der Waals surface area contributed by atoms with Crippen molar-refractivity contribution in [2.45, 2.75) is 38.1 Å². The second-order valence-electron chi connectivity index (χ2n) is 3.59. The minimum absolute atomic E-state index is 0.200. The first-order valence-corrected chi connectivity index (χ1v) is 6.71. The maximum absolute atomic E-state index is 11.4. The van der Waals surface area contributed by atoms with Gasteiger partial charge in [-0.1, -0.05) is 18.7 Å². The molecule has 17 heavy (non-hydrogen) atoms.